The molecule has 0 radical (unpaired) electrons. The number of rotatable bonds is 1. The van der Waals surface area contributed by atoms with Crippen LogP contribution in [0.3, 0.4) is 0 Å². The third kappa shape index (κ3) is 2.26. The molecule has 1 N–H and O–H groups in total. The molecule has 3 rings (SSSR count). The van der Waals surface area contributed by atoms with Gasteiger partial charge in [0, 0.05) is 12.6 Å². The van der Waals surface area contributed by atoms with Gasteiger partial charge in [0.15, 0.2) is 9.84 Å². The zero-order valence-electron chi connectivity index (χ0n) is 10.8. The Morgan fingerprint density at radius 3 is 2.63 bits per heavy atom. The van der Waals surface area contributed by atoms with Gasteiger partial charge in [-0.15, -0.1) is 0 Å². The first-order valence-electron chi connectivity index (χ1n) is 6.50. The second kappa shape index (κ2) is 4.62. The van der Waals surface area contributed by atoms with Crippen LogP contribution >= 0.6 is 0 Å². The lowest BCUT2D eigenvalue weighted by molar-refractivity contribution is 0.504. The van der Waals surface area contributed by atoms with E-state index >= 15 is 0 Å². The molecule has 0 saturated carbocycles. The monoisotopic (exact) mass is 275 g/mol. The molecule has 100 valence electrons. The number of benzene rings is 2. The minimum absolute atomic E-state index is 0.104. The van der Waals surface area contributed by atoms with Crippen LogP contribution < -0.4 is 5.32 Å². The third-order valence-corrected chi connectivity index (χ3v) is 6.05. The summed E-state index contributed by atoms with van der Waals surface area (Å²) in [5, 5.41) is 5.34. The quantitative estimate of drug-likeness (QED) is 0.868. The Balaban J connectivity index is 2.06. The summed E-state index contributed by atoms with van der Waals surface area (Å²) in [6.07, 6.45) is 0. The van der Waals surface area contributed by atoms with Crippen LogP contribution in [0.15, 0.2) is 42.5 Å². The summed E-state index contributed by atoms with van der Waals surface area (Å²) in [7, 11) is -2.99. The smallest absolute Gasteiger partial charge is 0.156 e. The SMILES string of the molecule is CC1CNC(c2cccc3ccccc23)CS1(=O)=O. The van der Waals surface area contributed by atoms with E-state index in [1.165, 1.54) is 0 Å². The van der Waals surface area contributed by atoms with Crippen molar-refractivity contribution in [2.24, 2.45) is 0 Å². The number of nitrogens with one attached hydrogen (secondary N) is 1. The lowest BCUT2D eigenvalue weighted by Gasteiger charge is -2.29. The van der Waals surface area contributed by atoms with Crippen molar-refractivity contribution < 1.29 is 8.42 Å². The summed E-state index contributed by atoms with van der Waals surface area (Å²) in [5.41, 5.74) is 1.08. The van der Waals surface area contributed by atoms with Gasteiger partial charge < -0.3 is 5.32 Å². The Morgan fingerprint density at radius 1 is 1.11 bits per heavy atom. The molecule has 0 spiro atoms. The average molecular weight is 275 g/mol. The standard InChI is InChI=1S/C15H17NO2S/c1-11-9-16-15(10-19(11,17)18)14-8-4-6-12-5-2-3-7-13(12)14/h2-8,11,15-16H,9-10H2,1H3. The lowest BCUT2D eigenvalue weighted by atomic mass is 9.99. The topological polar surface area (TPSA) is 46.2 Å². The highest BCUT2D eigenvalue weighted by molar-refractivity contribution is 7.92. The van der Waals surface area contributed by atoms with Crippen molar-refractivity contribution in [3.8, 4) is 0 Å². The highest BCUT2D eigenvalue weighted by Gasteiger charge is 2.32. The molecule has 0 aliphatic carbocycles. The molecule has 0 bridgehead atoms. The number of fused-ring (bicyclic) bond motifs is 1. The van der Waals surface area contributed by atoms with Crippen LogP contribution in [0.5, 0.6) is 0 Å². The van der Waals surface area contributed by atoms with E-state index in [1.807, 2.05) is 24.3 Å². The second-order valence-electron chi connectivity index (χ2n) is 5.17. The fraction of sp³-hybridized carbons (Fsp3) is 0.333. The van der Waals surface area contributed by atoms with Crippen molar-refractivity contribution in [1.29, 1.82) is 0 Å². The van der Waals surface area contributed by atoms with E-state index < -0.39 is 9.84 Å². The molecule has 19 heavy (non-hydrogen) atoms. The molecule has 1 heterocycles. The maximum Gasteiger partial charge on any atom is 0.156 e. The van der Waals surface area contributed by atoms with Crippen molar-refractivity contribution in [2.75, 3.05) is 12.3 Å². The average Bonchev–Trinajstić information content (AvgIpc) is 2.41. The summed E-state index contributed by atoms with van der Waals surface area (Å²) < 4.78 is 24.1. The van der Waals surface area contributed by atoms with Gasteiger partial charge in [-0.3, -0.25) is 0 Å². The summed E-state index contributed by atoms with van der Waals surface area (Å²) in [6.45, 7) is 2.29. The molecule has 1 aliphatic heterocycles. The summed E-state index contributed by atoms with van der Waals surface area (Å²) in [5.74, 6) is 0.183. The van der Waals surface area contributed by atoms with Gasteiger partial charge in [-0.2, -0.15) is 0 Å². The van der Waals surface area contributed by atoms with E-state index in [9.17, 15) is 8.42 Å². The summed E-state index contributed by atoms with van der Waals surface area (Å²) in [4.78, 5) is 0. The van der Waals surface area contributed by atoms with E-state index in [1.54, 1.807) is 6.92 Å². The van der Waals surface area contributed by atoms with Crippen LogP contribution in [0, 0.1) is 0 Å². The van der Waals surface area contributed by atoms with Gasteiger partial charge >= 0.3 is 0 Å². The van der Waals surface area contributed by atoms with Gasteiger partial charge in [0.25, 0.3) is 0 Å². The zero-order chi connectivity index (χ0) is 13.5. The molecule has 0 amide bonds. The van der Waals surface area contributed by atoms with Crippen LogP contribution in [0.25, 0.3) is 10.8 Å². The molecule has 2 aromatic carbocycles. The van der Waals surface area contributed by atoms with E-state index in [-0.39, 0.29) is 17.0 Å². The molecular formula is C15H17NO2S. The number of hydrogen-bond donors (Lipinski definition) is 1. The van der Waals surface area contributed by atoms with E-state index in [4.69, 9.17) is 0 Å². The van der Waals surface area contributed by atoms with Crippen molar-refractivity contribution in [3.05, 3.63) is 48.0 Å². The predicted molar refractivity (Wildman–Crippen MR) is 77.9 cm³/mol. The van der Waals surface area contributed by atoms with E-state index in [0.717, 1.165) is 16.3 Å². The molecule has 3 nitrogen and oxygen atoms in total. The molecule has 2 atom stereocenters. The normalized spacial score (nSPS) is 26.4. The minimum Gasteiger partial charge on any atom is -0.308 e. The van der Waals surface area contributed by atoms with Gasteiger partial charge in [0.1, 0.15) is 0 Å². The Labute approximate surface area is 113 Å². The second-order valence-corrected chi connectivity index (χ2v) is 7.63. The van der Waals surface area contributed by atoms with Crippen LogP contribution in [0.1, 0.15) is 18.5 Å². The van der Waals surface area contributed by atoms with Crippen molar-refractivity contribution >= 4 is 20.6 Å². The molecule has 1 fully saturated rings. The molecule has 0 aromatic heterocycles. The lowest BCUT2D eigenvalue weighted by Crippen LogP contribution is -2.44. The fourth-order valence-corrected chi connectivity index (χ4v) is 4.09. The third-order valence-electron chi connectivity index (χ3n) is 3.86. The Kier molecular flexibility index (Phi) is 3.07. The molecule has 2 aromatic rings. The van der Waals surface area contributed by atoms with Gasteiger partial charge in [-0.1, -0.05) is 42.5 Å². The summed E-state index contributed by atoms with van der Waals surface area (Å²) in [6, 6.07) is 14.1. The Hall–Kier alpha value is -1.39. The van der Waals surface area contributed by atoms with Crippen LogP contribution in [0.4, 0.5) is 0 Å². The van der Waals surface area contributed by atoms with Gasteiger partial charge in [0.2, 0.25) is 0 Å². The van der Waals surface area contributed by atoms with Crippen molar-refractivity contribution in [1.82, 2.24) is 5.32 Å². The van der Waals surface area contributed by atoms with Gasteiger partial charge in [-0.05, 0) is 23.3 Å². The Morgan fingerprint density at radius 2 is 1.84 bits per heavy atom. The van der Waals surface area contributed by atoms with Crippen LogP contribution in [0.2, 0.25) is 0 Å². The van der Waals surface area contributed by atoms with Crippen molar-refractivity contribution in [2.45, 2.75) is 18.2 Å². The first-order valence-corrected chi connectivity index (χ1v) is 8.22. The Bertz CT molecular complexity index is 704. The van der Waals surface area contributed by atoms with Gasteiger partial charge in [0.05, 0.1) is 11.0 Å². The molecule has 4 heteroatoms. The zero-order valence-corrected chi connectivity index (χ0v) is 11.7. The molecule has 1 aliphatic rings. The van der Waals surface area contributed by atoms with E-state index in [2.05, 4.69) is 23.5 Å². The predicted octanol–water partition coefficient (Wildman–Crippen LogP) is 2.29. The van der Waals surface area contributed by atoms with Crippen LogP contribution in [-0.4, -0.2) is 26.0 Å². The number of sulfone groups is 1. The summed E-state index contributed by atoms with van der Waals surface area (Å²) >= 11 is 0. The molecular weight excluding hydrogens is 258 g/mol. The van der Waals surface area contributed by atoms with Crippen LogP contribution in [-0.2, 0) is 9.84 Å². The van der Waals surface area contributed by atoms with Gasteiger partial charge in [-0.25, -0.2) is 8.42 Å². The molecule has 1 saturated heterocycles. The maximum absolute atomic E-state index is 12.1. The molecule has 2 unspecified atom stereocenters. The first kappa shape index (κ1) is 12.6. The van der Waals surface area contributed by atoms with Crippen molar-refractivity contribution in [3.63, 3.8) is 0 Å². The highest BCUT2D eigenvalue weighted by Crippen LogP contribution is 2.28. The first-order chi connectivity index (χ1) is 9.08. The maximum atomic E-state index is 12.1. The minimum atomic E-state index is -2.99. The fourth-order valence-electron chi connectivity index (χ4n) is 2.64. The van der Waals surface area contributed by atoms with E-state index in [0.29, 0.717) is 6.54 Å². The number of hydrogen-bond acceptors (Lipinski definition) is 3. The largest absolute Gasteiger partial charge is 0.308 e. The highest BCUT2D eigenvalue weighted by atomic mass is 32.2.